The largest absolute Gasteiger partial charge is 0.410 e. The Balaban J connectivity index is 1.63. The highest BCUT2D eigenvalue weighted by atomic mass is 32.2. The lowest BCUT2D eigenvalue weighted by atomic mass is 10.1. The second-order valence-electron chi connectivity index (χ2n) is 4.49. The fourth-order valence-electron chi connectivity index (χ4n) is 1.75. The topological polar surface area (TPSA) is 92.7 Å². The van der Waals surface area contributed by atoms with Gasteiger partial charge in [0, 0.05) is 11.1 Å². The Hall–Kier alpha value is -2.02. The molecule has 3 heterocycles. The summed E-state index contributed by atoms with van der Waals surface area (Å²) in [5, 5.41) is 21.7. The zero-order valence-corrected chi connectivity index (χ0v) is 14.4. The van der Waals surface area contributed by atoms with E-state index in [-0.39, 0.29) is 11.5 Å². The maximum absolute atomic E-state index is 12.2. The number of carbonyl (C=O) groups is 1. The molecule has 9 heteroatoms. The molecule has 0 spiro atoms. The molecule has 1 atom stereocenters. The van der Waals surface area contributed by atoms with E-state index in [2.05, 4.69) is 15.2 Å². The molecule has 0 aromatic carbocycles. The Bertz CT molecular complexity index is 848. The highest BCUT2D eigenvalue weighted by molar-refractivity contribution is 7.99. The van der Waals surface area contributed by atoms with Crippen molar-refractivity contribution in [3.8, 4) is 16.8 Å². The first-order valence-corrected chi connectivity index (χ1v) is 9.26. The summed E-state index contributed by atoms with van der Waals surface area (Å²) in [6.45, 7) is 1.83. The number of aromatic nitrogens is 3. The molecule has 3 aromatic rings. The van der Waals surface area contributed by atoms with Crippen molar-refractivity contribution in [2.45, 2.75) is 18.1 Å². The highest BCUT2D eigenvalue weighted by Gasteiger charge is 2.24. The van der Waals surface area contributed by atoms with Gasteiger partial charge in [-0.1, -0.05) is 17.8 Å². The summed E-state index contributed by atoms with van der Waals surface area (Å²) < 4.78 is 5.50. The molecule has 3 rings (SSSR count). The van der Waals surface area contributed by atoms with Crippen molar-refractivity contribution >= 4 is 40.2 Å². The third-order valence-electron chi connectivity index (χ3n) is 2.81. The van der Waals surface area contributed by atoms with Gasteiger partial charge in [-0.3, -0.25) is 4.79 Å². The third kappa shape index (κ3) is 3.67. The molecule has 3 aromatic heterocycles. The molecule has 0 radical (unpaired) electrons. The van der Waals surface area contributed by atoms with E-state index in [4.69, 9.17) is 4.42 Å². The lowest BCUT2D eigenvalue weighted by Crippen LogP contribution is -2.13. The lowest BCUT2D eigenvalue weighted by molar-refractivity contribution is -0.116. The number of ketones is 1. The molecule has 0 amide bonds. The summed E-state index contributed by atoms with van der Waals surface area (Å²) in [6.07, 6.45) is 0. The molecule has 0 bridgehead atoms. The fourth-order valence-corrected chi connectivity index (χ4v) is 3.93. The summed E-state index contributed by atoms with van der Waals surface area (Å²) in [5.41, 5.74) is 0.809. The Morgan fingerprint density at radius 3 is 3.00 bits per heavy atom. The molecule has 0 aliphatic rings. The van der Waals surface area contributed by atoms with Crippen LogP contribution in [0.15, 0.2) is 32.5 Å². The van der Waals surface area contributed by atoms with E-state index in [0.29, 0.717) is 16.1 Å². The van der Waals surface area contributed by atoms with Gasteiger partial charge < -0.3 is 4.42 Å². The lowest BCUT2D eigenvalue weighted by Gasteiger charge is -2.02. The number of rotatable bonds is 6. The predicted octanol–water partition coefficient (Wildman–Crippen LogP) is 3.53. The van der Waals surface area contributed by atoms with Gasteiger partial charge in [0.05, 0.1) is 16.7 Å². The van der Waals surface area contributed by atoms with Crippen LogP contribution >= 0.6 is 34.4 Å². The first-order chi connectivity index (χ1) is 11.2. The summed E-state index contributed by atoms with van der Waals surface area (Å²) in [4.78, 5) is 17.3. The number of hydrogen-bond acceptors (Lipinski definition) is 9. The Morgan fingerprint density at radius 2 is 2.35 bits per heavy atom. The smallest absolute Gasteiger partial charge is 0.277 e. The third-order valence-corrected chi connectivity index (χ3v) is 5.54. The summed E-state index contributed by atoms with van der Waals surface area (Å²) in [6, 6.07) is 5.80. The fraction of sp³-hybridized carbons (Fsp3) is 0.214. The second-order valence-corrected chi connectivity index (χ2v) is 7.26. The molecule has 0 unspecified atom stereocenters. The van der Waals surface area contributed by atoms with Crippen LogP contribution in [0.25, 0.3) is 10.8 Å². The molecule has 23 heavy (non-hydrogen) atoms. The van der Waals surface area contributed by atoms with E-state index in [9.17, 15) is 10.1 Å². The van der Waals surface area contributed by atoms with Crippen LogP contribution in [0.4, 0.5) is 0 Å². The quantitative estimate of drug-likeness (QED) is 0.619. The van der Waals surface area contributed by atoms with Crippen LogP contribution in [0.1, 0.15) is 16.6 Å². The van der Waals surface area contributed by atoms with Gasteiger partial charge in [0.2, 0.25) is 0 Å². The SMILES string of the molecule is Cc1csc([C@@H](C#N)C(=O)CSc2nnc(-c3cccs3)o2)n1. The van der Waals surface area contributed by atoms with Gasteiger partial charge in [0.1, 0.15) is 5.01 Å². The Kier molecular flexibility index (Phi) is 4.85. The number of nitrogens with zero attached hydrogens (tertiary/aromatic N) is 4. The van der Waals surface area contributed by atoms with Crippen LogP contribution in [0, 0.1) is 18.3 Å². The molecule has 0 saturated heterocycles. The minimum Gasteiger partial charge on any atom is -0.410 e. The normalized spacial score (nSPS) is 12.0. The summed E-state index contributed by atoms with van der Waals surface area (Å²) in [7, 11) is 0. The minimum atomic E-state index is -0.846. The number of nitriles is 1. The number of carbonyl (C=O) groups excluding carboxylic acids is 1. The molecule has 0 aliphatic heterocycles. The number of thiophene rings is 1. The van der Waals surface area contributed by atoms with Crippen LogP contribution in [0.2, 0.25) is 0 Å². The molecule has 0 saturated carbocycles. The zero-order valence-electron chi connectivity index (χ0n) is 11.9. The standard InChI is InChI=1S/C14H10N4O2S3/c1-8-6-22-13(16-8)9(5-15)10(19)7-23-14-18-17-12(20-14)11-3-2-4-21-11/h2-4,6,9H,7H2,1H3/t9-/m0/s1. The Morgan fingerprint density at radius 1 is 1.48 bits per heavy atom. The molecule has 0 N–H and O–H groups in total. The highest BCUT2D eigenvalue weighted by Crippen LogP contribution is 2.28. The van der Waals surface area contributed by atoms with Crippen LogP contribution < -0.4 is 0 Å². The average molecular weight is 362 g/mol. The van der Waals surface area contributed by atoms with E-state index in [1.165, 1.54) is 22.7 Å². The predicted molar refractivity (Wildman–Crippen MR) is 88.5 cm³/mol. The second kappa shape index (κ2) is 7.04. The Labute approximate surface area is 144 Å². The zero-order chi connectivity index (χ0) is 16.2. The van der Waals surface area contributed by atoms with E-state index >= 15 is 0 Å². The summed E-state index contributed by atoms with van der Waals surface area (Å²) >= 11 is 3.95. The van der Waals surface area contributed by atoms with Crippen molar-refractivity contribution in [3.05, 3.63) is 33.6 Å². The van der Waals surface area contributed by atoms with Crippen molar-refractivity contribution in [1.29, 1.82) is 5.26 Å². The van der Waals surface area contributed by atoms with Gasteiger partial charge in [-0.25, -0.2) is 4.98 Å². The van der Waals surface area contributed by atoms with Crippen molar-refractivity contribution < 1.29 is 9.21 Å². The molecule has 116 valence electrons. The number of Topliss-reactive ketones (excluding diaryl/α,β-unsaturated/α-hetero) is 1. The van der Waals surface area contributed by atoms with Crippen molar-refractivity contribution in [2.75, 3.05) is 5.75 Å². The molecular formula is C14H10N4O2S3. The number of hydrogen-bond donors (Lipinski definition) is 0. The maximum Gasteiger partial charge on any atom is 0.277 e. The van der Waals surface area contributed by atoms with Crippen molar-refractivity contribution in [1.82, 2.24) is 15.2 Å². The number of aryl methyl sites for hydroxylation is 1. The monoisotopic (exact) mass is 362 g/mol. The number of thiazole rings is 1. The van der Waals surface area contributed by atoms with E-state index in [1.54, 1.807) is 0 Å². The average Bonchev–Trinajstić information content (AvgIpc) is 3.27. The van der Waals surface area contributed by atoms with E-state index < -0.39 is 5.92 Å². The summed E-state index contributed by atoms with van der Waals surface area (Å²) in [5.74, 6) is -0.547. The maximum atomic E-state index is 12.2. The molecular weight excluding hydrogens is 352 g/mol. The van der Waals surface area contributed by atoms with Gasteiger partial charge in [0.25, 0.3) is 11.1 Å². The van der Waals surface area contributed by atoms with Gasteiger partial charge in [0.15, 0.2) is 11.7 Å². The van der Waals surface area contributed by atoms with Gasteiger partial charge in [-0.2, -0.15) is 5.26 Å². The minimum absolute atomic E-state index is 0.0862. The van der Waals surface area contributed by atoms with Crippen LogP contribution in [-0.4, -0.2) is 26.7 Å². The first-order valence-electron chi connectivity index (χ1n) is 6.52. The molecule has 0 fully saturated rings. The van der Waals surface area contributed by atoms with Gasteiger partial charge in [-0.15, -0.1) is 32.9 Å². The van der Waals surface area contributed by atoms with Crippen LogP contribution in [0.3, 0.4) is 0 Å². The van der Waals surface area contributed by atoms with Crippen molar-refractivity contribution in [2.24, 2.45) is 0 Å². The van der Waals surface area contributed by atoms with Gasteiger partial charge >= 0.3 is 0 Å². The van der Waals surface area contributed by atoms with Crippen LogP contribution in [0.5, 0.6) is 0 Å². The van der Waals surface area contributed by atoms with Crippen molar-refractivity contribution in [3.63, 3.8) is 0 Å². The van der Waals surface area contributed by atoms with E-state index in [0.717, 1.165) is 22.3 Å². The van der Waals surface area contributed by atoms with Crippen LogP contribution in [-0.2, 0) is 4.79 Å². The molecule has 0 aliphatic carbocycles. The first kappa shape index (κ1) is 15.9. The van der Waals surface area contributed by atoms with Gasteiger partial charge in [-0.05, 0) is 18.4 Å². The molecule has 6 nitrogen and oxygen atoms in total. The number of thioether (sulfide) groups is 1. The van der Waals surface area contributed by atoms with E-state index in [1.807, 2.05) is 35.9 Å².